The van der Waals surface area contributed by atoms with Crippen molar-refractivity contribution in [3.05, 3.63) is 77.1 Å². The van der Waals surface area contributed by atoms with Gasteiger partial charge < -0.3 is 4.90 Å². The Morgan fingerprint density at radius 3 is 2.33 bits per heavy atom. The number of halogens is 2. The Bertz CT molecular complexity index is 1330. The van der Waals surface area contributed by atoms with Gasteiger partial charge in [0.1, 0.15) is 29.0 Å². The molecular formula is C21H17F2N3O3S. The first-order valence-electron chi connectivity index (χ1n) is 8.72. The molecule has 0 N–H and O–H groups in total. The number of hydrogen-bond acceptors (Lipinski definition) is 5. The quantitative estimate of drug-likeness (QED) is 0.351. The number of allylic oxidation sites excluding steroid dienone is 1. The van der Waals surface area contributed by atoms with Crippen molar-refractivity contribution in [3.63, 3.8) is 0 Å². The van der Waals surface area contributed by atoms with Gasteiger partial charge in [-0.05, 0) is 31.2 Å². The molecule has 0 spiro atoms. The van der Waals surface area contributed by atoms with Crippen LogP contribution >= 0.6 is 0 Å². The third-order valence-corrected chi connectivity index (χ3v) is 6.08. The number of nitrogens with zero attached hydrogens (tertiary/aromatic N) is 3. The van der Waals surface area contributed by atoms with Gasteiger partial charge in [0.2, 0.25) is 5.78 Å². The van der Waals surface area contributed by atoms with Gasteiger partial charge >= 0.3 is 0 Å². The summed E-state index contributed by atoms with van der Waals surface area (Å²) in [4.78, 5) is 14.3. The second kappa shape index (κ2) is 7.72. The summed E-state index contributed by atoms with van der Waals surface area (Å²) in [5.74, 6) is -2.95. The van der Waals surface area contributed by atoms with E-state index >= 15 is 0 Å². The number of rotatable bonds is 5. The van der Waals surface area contributed by atoms with Crippen LogP contribution in [0.15, 0.2) is 59.1 Å². The van der Waals surface area contributed by atoms with Crippen LogP contribution in [-0.4, -0.2) is 37.2 Å². The van der Waals surface area contributed by atoms with Gasteiger partial charge in [-0.3, -0.25) is 4.79 Å². The van der Waals surface area contributed by atoms with E-state index in [0.29, 0.717) is 10.0 Å². The number of nitriles is 1. The first-order chi connectivity index (χ1) is 14.1. The molecule has 2 aromatic carbocycles. The van der Waals surface area contributed by atoms with Crippen LogP contribution in [0, 0.1) is 29.9 Å². The number of aromatic nitrogens is 1. The molecule has 0 aliphatic rings. The number of benzene rings is 2. The van der Waals surface area contributed by atoms with Gasteiger partial charge in [-0.25, -0.2) is 21.2 Å². The Labute approximate surface area is 172 Å². The third-order valence-electron chi connectivity index (χ3n) is 4.34. The lowest BCUT2D eigenvalue weighted by Crippen LogP contribution is -2.20. The van der Waals surface area contributed by atoms with Crippen LogP contribution in [0.1, 0.15) is 16.1 Å². The lowest BCUT2D eigenvalue weighted by molar-refractivity contribution is 0.103. The standard InChI is InChI=1S/C21H17F2N3O3S/c1-13-4-6-16(7-5-13)30(28,29)26-19-9-15(22)8-18(23)17(19)10-20(26)21(27)14(11-24)12-25(2)3/h4-10,12H,1-3H3. The number of Topliss-reactive ketones (excluding diaryl/α,β-unsaturated/α-hetero) is 1. The van der Waals surface area contributed by atoms with E-state index in [-0.39, 0.29) is 21.4 Å². The molecule has 3 aromatic rings. The zero-order valence-electron chi connectivity index (χ0n) is 16.3. The van der Waals surface area contributed by atoms with Crippen LogP contribution < -0.4 is 0 Å². The number of hydrogen-bond donors (Lipinski definition) is 0. The lowest BCUT2D eigenvalue weighted by atomic mass is 10.1. The van der Waals surface area contributed by atoms with E-state index in [4.69, 9.17) is 0 Å². The predicted octanol–water partition coefficient (Wildman–Crippen LogP) is 3.62. The van der Waals surface area contributed by atoms with E-state index in [1.165, 1.54) is 23.2 Å². The molecule has 0 radical (unpaired) electrons. The number of ketones is 1. The topological polar surface area (TPSA) is 83.2 Å². The monoisotopic (exact) mass is 429 g/mol. The lowest BCUT2D eigenvalue weighted by Gasteiger charge is -2.12. The van der Waals surface area contributed by atoms with Crippen LogP contribution in [0.25, 0.3) is 10.9 Å². The highest BCUT2D eigenvalue weighted by molar-refractivity contribution is 7.90. The van der Waals surface area contributed by atoms with Gasteiger partial charge in [-0.2, -0.15) is 5.26 Å². The van der Waals surface area contributed by atoms with Crippen LogP contribution in [-0.2, 0) is 10.0 Å². The summed E-state index contributed by atoms with van der Waals surface area (Å²) in [5.41, 5.74) is -0.354. The Hall–Kier alpha value is -3.51. The van der Waals surface area contributed by atoms with E-state index in [2.05, 4.69) is 0 Å². The molecule has 154 valence electrons. The largest absolute Gasteiger partial charge is 0.382 e. The fraction of sp³-hybridized carbons (Fsp3) is 0.143. The molecule has 1 heterocycles. The van der Waals surface area contributed by atoms with Crippen LogP contribution in [0.4, 0.5) is 8.78 Å². The van der Waals surface area contributed by atoms with Gasteiger partial charge in [-0.15, -0.1) is 0 Å². The van der Waals surface area contributed by atoms with Crippen molar-refractivity contribution in [2.24, 2.45) is 0 Å². The van der Waals surface area contributed by atoms with E-state index < -0.39 is 33.1 Å². The SMILES string of the molecule is Cc1ccc(S(=O)(=O)n2c(C(=O)C(C#N)=CN(C)C)cc3c(F)cc(F)cc32)cc1. The van der Waals surface area contributed by atoms with Gasteiger partial charge in [0.15, 0.2) is 0 Å². The van der Waals surface area contributed by atoms with Crippen molar-refractivity contribution >= 4 is 26.7 Å². The molecule has 0 fully saturated rings. The fourth-order valence-corrected chi connectivity index (χ4v) is 4.47. The van der Waals surface area contributed by atoms with E-state index in [1.54, 1.807) is 39.2 Å². The minimum atomic E-state index is -4.41. The van der Waals surface area contributed by atoms with Gasteiger partial charge in [0.25, 0.3) is 10.0 Å². The summed E-state index contributed by atoms with van der Waals surface area (Å²) in [6.45, 7) is 1.77. The van der Waals surface area contributed by atoms with Gasteiger partial charge in [0.05, 0.1) is 10.4 Å². The van der Waals surface area contributed by atoms with E-state index in [1.807, 2.05) is 0 Å². The average Bonchev–Trinajstić information content (AvgIpc) is 3.06. The van der Waals surface area contributed by atoms with Crippen molar-refractivity contribution in [3.8, 4) is 6.07 Å². The predicted molar refractivity (Wildman–Crippen MR) is 107 cm³/mol. The highest BCUT2D eigenvalue weighted by atomic mass is 32.2. The fourth-order valence-electron chi connectivity index (χ4n) is 2.97. The molecule has 30 heavy (non-hydrogen) atoms. The molecule has 0 saturated heterocycles. The molecule has 0 bridgehead atoms. The Kier molecular flexibility index (Phi) is 5.46. The number of carbonyl (C=O) groups is 1. The first-order valence-corrected chi connectivity index (χ1v) is 10.2. The Balaban J connectivity index is 2.39. The van der Waals surface area contributed by atoms with Crippen LogP contribution in [0.3, 0.4) is 0 Å². The molecule has 0 aliphatic heterocycles. The summed E-state index contributed by atoms with van der Waals surface area (Å²) < 4.78 is 55.6. The molecule has 9 heteroatoms. The van der Waals surface area contributed by atoms with E-state index in [9.17, 15) is 27.3 Å². The molecule has 0 saturated carbocycles. The van der Waals surface area contributed by atoms with Crippen LogP contribution in [0.2, 0.25) is 0 Å². The van der Waals surface area contributed by atoms with Crippen molar-refractivity contribution in [2.45, 2.75) is 11.8 Å². The molecule has 0 unspecified atom stereocenters. The summed E-state index contributed by atoms with van der Waals surface area (Å²) >= 11 is 0. The van der Waals surface area contributed by atoms with Crippen molar-refractivity contribution in [2.75, 3.05) is 14.1 Å². The Morgan fingerprint density at radius 2 is 1.77 bits per heavy atom. The second-order valence-electron chi connectivity index (χ2n) is 6.88. The molecule has 6 nitrogen and oxygen atoms in total. The van der Waals surface area contributed by atoms with E-state index in [0.717, 1.165) is 17.7 Å². The Morgan fingerprint density at radius 1 is 1.13 bits per heavy atom. The van der Waals surface area contributed by atoms with Crippen molar-refractivity contribution < 1.29 is 22.0 Å². The minimum Gasteiger partial charge on any atom is -0.382 e. The maximum absolute atomic E-state index is 14.4. The number of fused-ring (bicyclic) bond motifs is 1. The highest BCUT2D eigenvalue weighted by Crippen LogP contribution is 2.30. The molecule has 1 aromatic heterocycles. The molecule has 0 amide bonds. The highest BCUT2D eigenvalue weighted by Gasteiger charge is 2.29. The summed E-state index contributed by atoms with van der Waals surface area (Å²) in [5, 5.41) is 9.11. The minimum absolute atomic E-state index is 0.167. The molecule has 0 atom stereocenters. The molecule has 3 rings (SSSR count). The first kappa shape index (κ1) is 21.2. The zero-order valence-corrected chi connectivity index (χ0v) is 17.2. The van der Waals surface area contributed by atoms with Gasteiger partial charge in [-0.1, -0.05) is 17.7 Å². The van der Waals surface area contributed by atoms with Gasteiger partial charge in [0, 0.05) is 31.7 Å². The number of carbonyl (C=O) groups excluding carboxylic acids is 1. The third kappa shape index (κ3) is 3.69. The van der Waals surface area contributed by atoms with Crippen molar-refractivity contribution in [1.82, 2.24) is 8.87 Å². The number of aryl methyl sites for hydroxylation is 1. The summed E-state index contributed by atoms with van der Waals surface area (Å²) in [7, 11) is -1.24. The maximum atomic E-state index is 14.4. The average molecular weight is 429 g/mol. The molecular weight excluding hydrogens is 412 g/mol. The molecule has 0 aliphatic carbocycles. The maximum Gasteiger partial charge on any atom is 0.268 e. The summed E-state index contributed by atoms with van der Waals surface area (Å²) in [6.07, 6.45) is 1.22. The second-order valence-corrected chi connectivity index (χ2v) is 8.67. The van der Waals surface area contributed by atoms with Crippen molar-refractivity contribution in [1.29, 1.82) is 5.26 Å². The smallest absolute Gasteiger partial charge is 0.268 e. The zero-order chi connectivity index (χ0) is 22.2. The van der Waals surface area contributed by atoms with Crippen LogP contribution in [0.5, 0.6) is 0 Å². The normalized spacial score (nSPS) is 12.1. The summed E-state index contributed by atoms with van der Waals surface area (Å²) in [6, 6.07) is 9.96.